The molecule has 0 aliphatic rings. The van der Waals surface area contributed by atoms with Crippen molar-refractivity contribution in [2.24, 2.45) is 7.05 Å². The van der Waals surface area contributed by atoms with Crippen LogP contribution in [0, 0.1) is 0 Å². The zero-order chi connectivity index (χ0) is 9.36. The Kier molecular flexibility index (Phi) is 6.96. The van der Waals surface area contributed by atoms with Crippen LogP contribution in [0.15, 0.2) is 61.2 Å². The molecule has 0 aliphatic carbocycles. The molecular formula is C12H17N2+. The van der Waals surface area contributed by atoms with Crippen molar-refractivity contribution >= 4 is 0 Å². The number of rotatable bonds is 0. The Bertz CT molecular complexity index is 279. The van der Waals surface area contributed by atoms with Crippen molar-refractivity contribution in [1.29, 1.82) is 0 Å². The van der Waals surface area contributed by atoms with Gasteiger partial charge in [0.25, 0.3) is 0 Å². The van der Waals surface area contributed by atoms with E-state index in [4.69, 9.17) is 0 Å². The first-order chi connectivity index (χ1) is 6.39. The van der Waals surface area contributed by atoms with E-state index >= 15 is 0 Å². The fourth-order valence-corrected chi connectivity index (χ4v) is 0.797. The average molecular weight is 189 g/mol. The molecule has 2 nitrogen and oxygen atoms in total. The SMILES string of the molecule is C.C[n+]1ccccc1.c1ccncc1. The van der Waals surface area contributed by atoms with Gasteiger partial charge in [0.15, 0.2) is 12.4 Å². The second-order valence-corrected chi connectivity index (χ2v) is 2.57. The van der Waals surface area contributed by atoms with Crippen LogP contribution in [0.5, 0.6) is 0 Å². The molecule has 0 aliphatic heterocycles. The van der Waals surface area contributed by atoms with Gasteiger partial charge in [0.2, 0.25) is 0 Å². The third-order valence-corrected chi connectivity index (χ3v) is 1.43. The number of aromatic nitrogens is 2. The minimum absolute atomic E-state index is 0. The molecule has 0 radical (unpaired) electrons. The summed E-state index contributed by atoms with van der Waals surface area (Å²) in [5, 5.41) is 0. The van der Waals surface area contributed by atoms with Crippen molar-refractivity contribution in [2.45, 2.75) is 7.43 Å². The maximum Gasteiger partial charge on any atom is 0.168 e. The van der Waals surface area contributed by atoms with Crippen molar-refractivity contribution in [1.82, 2.24) is 4.98 Å². The Labute approximate surface area is 85.9 Å². The number of aryl methyl sites for hydroxylation is 1. The summed E-state index contributed by atoms with van der Waals surface area (Å²) in [4.78, 5) is 3.78. The first-order valence-corrected chi connectivity index (χ1v) is 4.15. The van der Waals surface area contributed by atoms with Crippen LogP contribution in [0.2, 0.25) is 0 Å². The minimum atomic E-state index is 0. The number of pyridine rings is 2. The van der Waals surface area contributed by atoms with Gasteiger partial charge in [-0.2, -0.15) is 0 Å². The quantitative estimate of drug-likeness (QED) is 0.581. The molecule has 2 rings (SSSR count). The third kappa shape index (κ3) is 5.89. The largest absolute Gasteiger partial charge is 0.265 e. The highest BCUT2D eigenvalue weighted by Crippen LogP contribution is 1.73. The molecule has 0 spiro atoms. The minimum Gasteiger partial charge on any atom is -0.265 e. The second-order valence-electron chi connectivity index (χ2n) is 2.57. The molecular weight excluding hydrogens is 172 g/mol. The van der Waals surface area contributed by atoms with E-state index in [2.05, 4.69) is 4.98 Å². The van der Waals surface area contributed by atoms with Crippen LogP contribution in [-0.2, 0) is 7.05 Å². The Balaban J connectivity index is 0.000000227. The lowest BCUT2D eigenvalue weighted by Crippen LogP contribution is -2.25. The van der Waals surface area contributed by atoms with Gasteiger partial charge in [0.1, 0.15) is 7.05 Å². The molecule has 74 valence electrons. The molecule has 0 amide bonds. The second kappa shape index (κ2) is 7.92. The highest BCUT2D eigenvalue weighted by Gasteiger charge is 1.78. The monoisotopic (exact) mass is 189 g/mol. The summed E-state index contributed by atoms with van der Waals surface area (Å²) < 4.78 is 2.00. The molecule has 0 bridgehead atoms. The van der Waals surface area contributed by atoms with Gasteiger partial charge in [-0.15, -0.1) is 0 Å². The molecule has 2 aromatic heterocycles. The standard InChI is InChI=1S/C6H8N.C5H5N.CH4/c1-7-5-3-2-4-6-7;1-2-4-6-5-3-1;/h2-6H,1H3;1-5H;1H4/q+1;;. The van der Waals surface area contributed by atoms with Crippen LogP contribution < -0.4 is 4.57 Å². The summed E-state index contributed by atoms with van der Waals surface area (Å²) in [5.74, 6) is 0. The van der Waals surface area contributed by atoms with E-state index in [1.807, 2.05) is 60.4 Å². The van der Waals surface area contributed by atoms with E-state index in [0.29, 0.717) is 0 Å². The Morgan fingerprint density at radius 1 is 0.786 bits per heavy atom. The van der Waals surface area contributed by atoms with Gasteiger partial charge < -0.3 is 0 Å². The van der Waals surface area contributed by atoms with Gasteiger partial charge >= 0.3 is 0 Å². The lowest BCUT2D eigenvalue weighted by Gasteiger charge is -1.77. The summed E-state index contributed by atoms with van der Waals surface area (Å²) in [6.45, 7) is 0. The van der Waals surface area contributed by atoms with Crippen LogP contribution in [0.4, 0.5) is 0 Å². The van der Waals surface area contributed by atoms with Gasteiger partial charge in [0, 0.05) is 24.5 Å². The maximum absolute atomic E-state index is 3.78. The van der Waals surface area contributed by atoms with Crippen LogP contribution in [0.25, 0.3) is 0 Å². The molecule has 0 unspecified atom stereocenters. The predicted molar refractivity (Wildman–Crippen MR) is 58.6 cm³/mol. The van der Waals surface area contributed by atoms with E-state index in [0.717, 1.165) is 0 Å². The smallest absolute Gasteiger partial charge is 0.168 e. The van der Waals surface area contributed by atoms with Crippen LogP contribution in [0.3, 0.4) is 0 Å². The van der Waals surface area contributed by atoms with Gasteiger partial charge in [-0.25, -0.2) is 4.57 Å². The first kappa shape index (κ1) is 12.3. The van der Waals surface area contributed by atoms with Crippen molar-refractivity contribution < 1.29 is 4.57 Å². The first-order valence-electron chi connectivity index (χ1n) is 4.15. The van der Waals surface area contributed by atoms with E-state index in [1.165, 1.54) is 0 Å². The van der Waals surface area contributed by atoms with Crippen LogP contribution in [0.1, 0.15) is 7.43 Å². The molecule has 0 atom stereocenters. The fraction of sp³-hybridized carbons (Fsp3) is 0.167. The number of hydrogen-bond donors (Lipinski definition) is 0. The Morgan fingerprint density at radius 2 is 1.29 bits per heavy atom. The van der Waals surface area contributed by atoms with E-state index in [1.54, 1.807) is 12.4 Å². The zero-order valence-corrected chi connectivity index (χ0v) is 7.67. The molecule has 2 heterocycles. The van der Waals surface area contributed by atoms with Crippen LogP contribution in [-0.4, -0.2) is 4.98 Å². The Hall–Kier alpha value is -1.70. The van der Waals surface area contributed by atoms with Gasteiger partial charge in [-0.3, -0.25) is 4.98 Å². The van der Waals surface area contributed by atoms with Crippen molar-refractivity contribution in [3.63, 3.8) is 0 Å². The fourth-order valence-electron chi connectivity index (χ4n) is 0.797. The highest BCUT2D eigenvalue weighted by atomic mass is 14.9. The highest BCUT2D eigenvalue weighted by molar-refractivity contribution is 4.88. The molecule has 0 N–H and O–H groups in total. The van der Waals surface area contributed by atoms with E-state index < -0.39 is 0 Å². The van der Waals surface area contributed by atoms with Crippen molar-refractivity contribution in [2.75, 3.05) is 0 Å². The molecule has 2 heteroatoms. The molecule has 2 aromatic rings. The van der Waals surface area contributed by atoms with Crippen molar-refractivity contribution in [3.8, 4) is 0 Å². The summed E-state index contributed by atoms with van der Waals surface area (Å²) >= 11 is 0. The number of nitrogens with zero attached hydrogens (tertiary/aromatic N) is 2. The van der Waals surface area contributed by atoms with Crippen molar-refractivity contribution in [3.05, 3.63) is 61.2 Å². The summed E-state index contributed by atoms with van der Waals surface area (Å²) in [5.41, 5.74) is 0. The van der Waals surface area contributed by atoms with Crippen LogP contribution >= 0.6 is 0 Å². The molecule has 0 saturated heterocycles. The van der Waals surface area contributed by atoms with Gasteiger partial charge in [-0.05, 0) is 12.1 Å². The Morgan fingerprint density at radius 3 is 1.50 bits per heavy atom. The molecule has 0 saturated carbocycles. The van der Waals surface area contributed by atoms with Gasteiger partial charge in [-0.1, -0.05) is 19.6 Å². The molecule has 0 fully saturated rings. The lowest BCUT2D eigenvalue weighted by atomic mass is 10.5. The summed E-state index contributed by atoms with van der Waals surface area (Å²) in [6.07, 6.45) is 7.50. The van der Waals surface area contributed by atoms with Gasteiger partial charge in [0.05, 0.1) is 0 Å². The molecule has 14 heavy (non-hydrogen) atoms. The summed E-state index contributed by atoms with van der Waals surface area (Å²) in [7, 11) is 2.00. The normalized spacial score (nSPS) is 7.79. The predicted octanol–water partition coefficient (Wildman–Crippen LogP) is 2.23. The topological polar surface area (TPSA) is 16.8 Å². The lowest BCUT2D eigenvalue weighted by molar-refractivity contribution is -0.671. The zero-order valence-electron chi connectivity index (χ0n) is 7.67. The third-order valence-electron chi connectivity index (χ3n) is 1.43. The average Bonchev–Trinajstić information content (AvgIpc) is 2.22. The maximum atomic E-state index is 3.78. The molecule has 0 aromatic carbocycles. The number of hydrogen-bond acceptors (Lipinski definition) is 1. The van der Waals surface area contributed by atoms with E-state index in [9.17, 15) is 0 Å². The summed E-state index contributed by atoms with van der Waals surface area (Å²) in [6, 6.07) is 11.7. The van der Waals surface area contributed by atoms with E-state index in [-0.39, 0.29) is 7.43 Å².